The Morgan fingerprint density at radius 1 is 1.02 bits per heavy atom. The Labute approximate surface area is 251 Å². The second-order valence-corrected chi connectivity index (χ2v) is 11.1. The molecule has 0 saturated carbocycles. The molecule has 2 aromatic carbocycles. The second-order valence-electron chi connectivity index (χ2n) is 11.1. The molecule has 3 heterocycles. The standard InChI is InChI=1S/C32H38FN5O5/c1-42-32(41)38-21-27(36-31(40)29-16-26(33)18-34-29)17-28(38)19-35-30(39)25-10-8-23(9-11-25)3-2-22-4-6-24(7-5-22)20-37-12-14-43-15-13-37/h4-11,26-29,34H,12-21H2,1H3,(H,35,39)(H,36,40)/t26-,27+,28+,29-/m0/s1. The highest BCUT2D eigenvalue weighted by Crippen LogP contribution is 2.20. The summed E-state index contributed by atoms with van der Waals surface area (Å²) in [7, 11) is 1.29. The molecule has 10 nitrogen and oxygen atoms in total. The van der Waals surface area contributed by atoms with E-state index in [0.717, 1.165) is 44.0 Å². The molecular formula is C32H38FN5O5. The third kappa shape index (κ3) is 8.32. The van der Waals surface area contributed by atoms with Gasteiger partial charge in [0.05, 0.1) is 32.4 Å². The normalized spacial score (nSPS) is 23.7. The Hall–Kier alpha value is -3.98. The van der Waals surface area contributed by atoms with Gasteiger partial charge >= 0.3 is 6.09 Å². The van der Waals surface area contributed by atoms with Crippen LogP contribution in [0.1, 0.15) is 39.9 Å². The van der Waals surface area contributed by atoms with Crippen LogP contribution in [0.2, 0.25) is 0 Å². The van der Waals surface area contributed by atoms with Gasteiger partial charge in [0.25, 0.3) is 5.91 Å². The van der Waals surface area contributed by atoms with Crippen LogP contribution < -0.4 is 16.0 Å². The average molecular weight is 592 g/mol. The Morgan fingerprint density at radius 2 is 1.70 bits per heavy atom. The van der Waals surface area contributed by atoms with Crippen LogP contribution in [0.15, 0.2) is 48.5 Å². The van der Waals surface area contributed by atoms with Crippen LogP contribution in [-0.4, -0.2) is 105 Å². The van der Waals surface area contributed by atoms with Crippen molar-refractivity contribution >= 4 is 17.9 Å². The monoisotopic (exact) mass is 591 g/mol. The van der Waals surface area contributed by atoms with E-state index in [1.807, 2.05) is 12.1 Å². The van der Waals surface area contributed by atoms with Gasteiger partial charge in [0, 0.05) is 68.4 Å². The number of nitrogens with one attached hydrogen (secondary N) is 3. The molecule has 5 rings (SSSR count). The van der Waals surface area contributed by atoms with Crippen molar-refractivity contribution in [1.29, 1.82) is 0 Å². The predicted molar refractivity (Wildman–Crippen MR) is 158 cm³/mol. The number of benzene rings is 2. The molecule has 228 valence electrons. The molecule has 0 aliphatic carbocycles. The molecule has 11 heteroatoms. The average Bonchev–Trinajstić information content (AvgIpc) is 3.66. The van der Waals surface area contributed by atoms with Gasteiger partial charge in [0.15, 0.2) is 0 Å². The molecule has 3 aliphatic rings. The van der Waals surface area contributed by atoms with Crippen molar-refractivity contribution in [3.63, 3.8) is 0 Å². The maximum Gasteiger partial charge on any atom is 0.409 e. The summed E-state index contributed by atoms with van der Waals surface area (Å²) < 4.78 is 23.8. The highest BCUT2D eigenvalue weighted by atomic mass is 19.1. The molecular weight excluding hydrogens is 553 g/mol. The smallest absolute Gasteiger partial charge is 0.409 e. The van der Waals surface area contributed by atoms with E-state index in [0.29, 0.717) is 12.0 Å². The topological polar surface area (TPSA) is 112 Å². The van der Waals surface area contributed by atoms with E-state index in [9.17, 15) is 18.8 Å². The summed E-state index contributed by atoms with van der Waals surface area (Å²) in [5.74, 6) is 5.75. The first kappa shape index (κ1) is 30.5. The summed E-state index contributed by atoms with van der Waals surface area (Å²) in [6.45, 7) is 4.95. The van der Waals surface area contributed by atoms with Gasteiger partial charge in [-0.15, -0.1) is 0 Å². The van der Waals surface area contributed by atoms with Crippen LogP contribution in [0.5, 0.6) is 0 Å². The van der Waals surface area contributed by atoms with E-state index in [1.165, 1.54) is 17.6 Å². The number of carbonyl (C=O) groups excluding carboxylic acids is 3. The molecule has 0 bridgehead atoms. The summed E-state index contributed by atoms with van der Waals surface area (Å²) in [6, 6.07) is 14.0. The maximum atomic E-state index is 13.5. The third-order valence-corrected chi connectivity index (χ3v) is 8.02. The molecule has 0 unspecified atom stereocenters. The van der Waals surface area contributed by atoms with Gasteiger partial charge in [-0.1, -0.05) is 24.0 Å². The Morgan fingerprint density at radius 3 is 2.33 bits per heavy atom. The number of likely N-dealkylation sites (tertiary alicyclic amines) is 1. The quantitative estimate of drug-likeness (QED) is 0.420. The lowest BCUT2D eigenvalue weighted by Crippen LogP contribution is -2.46. The summed E-state index contributed by atoms with van der Waals surface area (Å²) >= 11 is 0. The van der Waals surface area contributed by atoms with E-state index >= 15 is 0 Å². The third-order valence-electron chi connectivity index (χ3n) is 8.02. The summed E-state index contributed by atoms with van der Waals surface area (Å²) in [5.41, 5.74) is 3.42. The van der Waals surface area contributed by atoms with Crippen LogP contribution in [-0.2, 0) is 20.8 Å². The minimum absolute atomic E-state index is 0.131. The molecule has 4 atom stereocenters. The van der Waals surface area contributed by atoms with Crippen molar-refractivity contribution in [2.24, 2.45) is 0 Å². The van der Waals surface area contributed by atoms with Gasteiger partial charge in [-0.2, -0.15) is 0 Å². The molecule has 3 saturated heterocycles. The Kier molecular flexibility index (Phi) is 10.3. The highest BCUT2D eigenvalue weighted by molar-refractivity contribution is 5.94. The summed E-state index contributed by atoms with van der Waals surface area (Å²) in [5, 5.41) is 8.65. The molecule has 0 spiro atoms. The molecule has 3 N–H and O–H groups in total. The van der Waals surface area contributed by atoms with Crippen LogP contribution in [0.25, 0.3) is 0 Å². The first-order valence-electron chi connectivity index (χ1n) is 14.7. The minimum atomic E-state index is -1.04. The molecule has 3 amide bonds. The lowest BCUT2D eigenvalue weighted by Gasteiger charge is -2.26. The van der Waals surface area contributed by atoms with Gasteiger partial charge in [-0.3, -0.25) is 14.5 Å². The van der Waals surface area contributed by atoms with Crippen molar-refractivity contribution in [3.8, 4) is 11.8 Å². The number of hydrogen-bond acceptors (Lipinski definition) is 7. The van der Waals surface area contributed by atoms with Crippen LogP contribution in [0, 0.1) is 11.8 Å². The zero-order valence-electron chi connectivity index (χ0n) is 24.3. The zero-order chi connectivity index (χ0) is 30.2. The molecule has 3 aliphatic heterocycles. The number of ether oxygens (including phenoxy) is 2. The number of methoxy groups -OCH3 is 1. The van der Waals surface area contributed by atoms with E-state index in [1.54, 1.807) is 24.3 Å². The van der Waals surface area contributed by atoms with Crippen molar-refractivity contribution in [3.05, 3.63) is 70.8 Å². The minimum Gasteiger partial charge on any atom is -0.453 e. The highest BCUT2D eigenvalue weighted by Gasteiger charge is 2.38. The van der Waals surface area contributed by atoms with Crippen molar-refractivity contribution in [2.45, 2.75) is 43.7 Å². The largest absolute Gasteiger partial charge is 0.453 e. The lowest BCUT2D eigenvalue weighted by molar-refractivity contribution is -0.123. The Bertz CT molecular complexity index is 1340. The van der Waals surface area contributed by atoms with Crippen molar-refractivity contribution < 1.29 is 28.2 Å². The zero-order valence-corrected chi connectivity index (χ0v) is 24.3. The number of carbonyl (C=O) groups is 3. The van der Waals surface area contributed by atoms with E-state index in [4.69, 9.17) is 9.47 Å². The summed E-state index contributed by atoms with van der Waals surface area (Å²) in [4.78, 5) is 41.6. The van der Waals surface area contributed by atoms with Gasteiger partial charge in [-0.05, 0) is 48.4 Å². The SMILES string of the molecule is COC(=O)N1C[C@H](NC(=O)[C@@H]2C[C@H](F)CN2)C[C@@H]1CNC(=O)c1ccc(C#Cc2ccc(CN3CCOCC3)cc2)cc1. The number of amides is 3. The number of alkyl halides is 1. The van der Waals surface area contributed by atoms with E-state index in [-0.39, 0.29) is 50.0 Å². The second kappa shape index (κ2) is 14.5. The number of rotatable bonds is 7. The molecule has 3 fully saturated rings. The molecule has 0 aromatic heterocycles. The number of morpholine rings is 1. The fraction of sp³-hybridized carbons (Fsp3) is 0.469. The first-order valence-corrected chi connectivity index (χ1v) is 14.7. The van der Waals surface area contributed by atoms with Gasteiger partial charge < -0.3 is 30.3 Å². The van der Waals surface area contributed by atoms with Gasteiger partial charge in [0.2, 0.25) is 5.91 Å². The van der Waals surface area contributed by atoms with Gasteiger partial charge in [0.1, 0.15) is 6.17 Å². The van der Waals surface area contributed by atoms with E-state index in [2.05, 4.69) is 44.8 Å². The molecule has 2 aromatic rings. The van der Waals surface area contributed by atoms with Crippen LogP contribution in [0.4, 0.5) is 9.18 Å². The van der Waals surface area contributed by atoms with Crippen molar-refractivity contribution in [2.75, 3.05) is 53.0 Å². The number of nitrogens with zero attached hydrogens (tertiary/aromatic N) is 2. The molecule has 43 heavy (non-hydrogen) atoms. The summed E-state index contributed by atoms with van der Waals surface area (Å²) in [6.07, 6.45) is -1.01. The maximum absolute atomic E-state index is 13.5. The fourth-order valence-electron chi connectivity index (χ4n) is 5.62. The van der Waals surface area contributed by atoms with E-state index < -0.39 is 18.3 Å². The van der Waals surface area contributed by atoms with Crippen molar-refractivity contribution in [1.82, 2.24) is 25.8 Å². The Balaban J connectivity index is 1.11. The number of halogens is 1. The van der Waals surface area contributed by atoms with Crippen LogP contribution in [0.3, 0.4) is 0 Å². The molecule has 0 radical (unpaired) electrons. The fourth-order valence-corrected chi connectivity index (χ4v) is 5.62. The van der Waals surface area contributed by atoms with Crippen LogP contribution >= 0.6 is 0 Å². The van der Waals surface area contributed by atoms with Gasteiger partial charge in [-0.25, -0.2) is 9.18 Å². The number of hydrogen-bond donors (Lipinski definition) is 3. The predicted octanol–water partition coefficient (Wildman–Crippen LogP) is 1.67. The lowest BCUT2D eigenvalue weighted by atomic mass is 10.1. The first-order chi connectivity index (χ1) is 20.9.